The Morgan fingerprint density at radius 2 is 2.25 bits per heavy atom. The van der Waals surface area contributed by atoms with Gasteiger partial charge in [0.2, 0.25) is 5.91 Å². The Hall–Kier alpha value is -1.04. The highest BCUT2D eigenvalue weighted by atomic mass is 16.2. The number of rotatable bonds is 2. The minimum Gasteiger partial charge on any atom is -0.339 e. The van der Waals surface area contributed by atoms with Crippen LogP contribution in [0.1, 0.15) is 26.7 Å². The molecule has 1 aliphatic rings. The number of hydrogen-bond acceptors (Lipinski definition) is 2. The van der Waals surface area contributed by atoms with E-state index in [1.807, 2.05) is 13.8 Å². The molecule has 0 aliphatic carbocycles. The molecule has 0 aromatic rings. The molecule has 0 N–H and O–H groups in total. The number of hydrogen-bond donors (Lipinski definition) is 0. The van der Waals surface area contributed by atoms with E-state index in [9.17, 15) is 4.79 Å². The molecule has 3 nitrogen and oxygen atoms in total. The third kappa shape index (κ3) is 1.58. The highest BCUT2D eigenvalue weighted by Gasteiger charge is 2.40. The lowest BCUT2D eigenvalue weighted by Crippen LogP contribution is -2.56. The average molecular weight is 166 g/mol. The summed E-state index contributed by atoms with van der Waals surface area (Å²) in [6.07, 6.45) is 1.50. The number of nitrogens with zero attached hydrogens (tertiary/aromatic N) is 2. The fourth-order valence-corrected chi connectivity index (χ4v) is 1.42. The zero-order valence-corrected chi connectivity index (χ0v) is 7.63. The van der Waals surface area contributed by atoms with Crippen LogP contribution in [0.5, 0.6) is 0 Å². The number of nitriles is 1. The van der Waals surface area contributed by atoms with Crippen molar-refractivity contribution in [2.24, 2.45) is 5.41 Å². The van der Waals surface area contributed by atoms with Gasteiger partial charge in [0.05, 0.1) is 11.5 Å². The molecular formula is C9H14N2O. The summed E-state index contributed by atoms with van der Waals surface area (Å²) in [7, 11) is 0. The van der Waals surface area contributed by atoms with E-state index in [2.05, 4.69) is 6.07 Å². The summed E-state index contributed by atoms with van der Waals surface area (Å²) in [6, 6.07) is 2.21. The standard InChI is InChI=1S/C9H14N2O/c1-3-4-8(12)11-6-9(2,5-10)7-11/h3-4,6-7H2,1-2H3. The van der Waals surface area contributed by atoms with Crippen molar-refractivity contribution in [1.29, 1.82) is 5.26 Å². The zero-order valence-electron chi connectivity index (χ0n) is 7.63. The predicted octanol–water partition coefficient (Wildman–Crippen LogP) is 1.16. The lowest BCUT2D eigenvalue weighted by molar-refractivity contribution is -0.139. The van der Waals surface area contributed by atoms with Gasteiger partial charge in [-0.25, -0.2) is 0 Å². The van der Waals surface area contributed by atoms with Gasteiger partial charge >= 0.3 is 0 Å². The van der Waals surface area contributed by atoms with Crippen LogP contribution in [0.4, 0.5) is 0 Å². The number of carbonyl (C=O) groups is 1. The molecule has 0 aromatic carbocycles. The summed E-state index contributed by atoms with van der Waals surface area (Å²) >= 11 is 0. The number of carbonyl (C=O) groups excluding carboxylic acids is 1. The third-order valence-electron chi connectivity index (χ3n) is 2.17. The molecule has 1 aliphatic heterocycles. The maximum absolute atomic E-state index is 11.2. The zero-order chi connectivity index (χ0) is 9.19. The summed E-state index contributed by atoms with van der Waals surface area (Å²) in [4.78, 5) is 13.0. The van der Waals surface area contributed by atoms with Crippen LogP contribution in [-0.4, -0.2) is 23.9 Å². The first-order valence-corrected chi connectivity index (χ1v) is 4.30. The van der Waals surface area contributed by atoms with Crippen LogP contribution < -0.4 is 0 Å². The Bertz CT molecular complexity index is 223. The lowest BCUT2D eigenvalue weighted by atomic mass is 9.83. The third-order valence-corrected chi connectivity index (χ3v) is 2.17. The molecule has 0 unspecified atom stereocenters. The molecule has 1 heterocycles. The van der Waals surface area contributed by atoms with Crippen LogP contribution in [-0.2, 0) is 4.79 Å². The molecular weight excluding hydrogens is 152 g/mol. The van der Waals surface area contributed by atoms with Crippen molar-refractivity contribution in [3.63, 3.8) is 0 Å². The molecule has 0 atom stereocenters. The van der Waals surface area contributed by atoms with Gasteiger partial charge in [0.1, 0.15) is 0 Å². The molecule has 1 fully saturated rings. The highest BCUT2D eigenvalue weighted by molar-refractivity contribution is 5.77. The second-order valence-corrected chi connectivity index (χ2v) is 3.67. The molecule has 1 saturated heterocycles. The maximum Gasteiger partial charge on any atom is 0.222 e. The van der Waals surface area contributed by atoms with Crippen LogP contribution in [0.3, 0.4) is 0 Å². The van der Waals surface area contributed by atoms with Crippen LogP contribution >= 0.6 is 0 Å². The van der Waals surface area contributed by atoms with Gasteiger partial charge in [-0.05, 0) is 13.3 Å². The summed E-state index contributed by atoms with van der Waals surface area (Å²) < 4.78 is 0. The molecule has 0 aromatic heterocycles. The van der Waals surface area contributed by atoms with E-state index in [-0.39, 0.29) is 11.3 Å². The summed E-state index contributed by atoms with van der Waals surface area (Å²) in [5.41, 5.74) is -0.274. The Morgan fingerprint density at radius 3 is 2.67 bits per heavy atom. The smallest absolute Gasteiger partial charge is 0.222 e. The molecule has 0 spiro atoms. The van der Waals surface area contributed by atoms with Gasteiger partial charge in [-0.1, -0.05) is 6.92 Å². The van der Waals surface area contributed by atoms with E-state index in [1.54, 1.807) is 4.90 Å². The van der Waals surface area contributed by atoms with Gasteiger partial charge in [0.25, 0.3) is 0 Å². The molecule has 12 heavy (non-hydrogen) atoms. The van der Waals surface area contributed by atoms with Crippen molar-refractivity contribution in [3.05, 3.63) is 0 Å². The van der Waals surface area contributed by atoms with Crippen LogP contribution in [0, 0.1) is 16.7 Å². The Labute approximate surface area is 73.0 Å². The van der Waals surface area contributed by atoms with Crippen molar-refractivity contribution in [2.75, 3.05) is 13.1 Å². The minimum absolute atomic E-state index is 0.185. The molecule has 0 bridgehead atoms. The average Bonchev–Trinajstić information content (AvgIpc) is 1.99. The Morgan fingerprint density at radius 1 is 1.67 bits per heavy atom. The van der Waals surface area contributed by atoms with E-state index in [4.69, 9.17) is 5.26 Å². The first-order chi connectivity index (χ1) is 5.61. The highest BCUT2D eigenvalue weighted by Crippen LogP contribution is 2.29. The van der Waals surface area contributed by atoms with Gasteiger partial charge in [0, 0.05) is 19.5 Å². The first-order valence-electron chi connectivity index (χ1n) is 4.30. The summed E-state index contributed by atoms with van der Waals surface area (Å²) in [6.45, 7) is 5.11. The van der Waals surface area contributed by atoms with E-state index < -0.39 is 0 Å². The lowest BCUT2D eigenvalue weighted by Gasteiger charge is -2.43. The predicted molar refractivity (Wildman–Crippen MR) is 45.2 cm³/mol. The van der Waals surface area contributed by atoms with Crippen molar-refractivity contribution >= 4 is 5.91 Å². The second-order valence-electron chi connectivity index (χ2n) is 3.67. The monoisotopic (exact) mass is 166 g/mol. The molecule has 1 rings (SSSR count). The largest absolute Gasteiger partial charge is 0.339 e. The normalized spacial score (nSPS) is 19.6. The van der Waals surface area contributed by atoms with Crippen molar-refractivity contribution in [2.45, 2.75) is 26.7 Å². The van der Waals surface area contributed by atoms with E-state index >= 15 is 0 Å². The summed E-state index contributed by atoms with van der Waals surface area (Å²) in [5, 5.41) is 8.69. The number of amides is 1. The molecule has 0 saturated carbocycles. The molecule has 3 heteroatoms. The topological polar surface area (TPSA) is 44.1 Å². The minimum atomic E-state index is -0.274. The van der Waals surface area contributed by atoms with Gasteiger partial charge in [0.15, 0.2) is 0 Å². The maximum atomic E-state index is 11.2. The number of likely N-dealkylation sites (tertiary alicyclic amines) is 1. The first kappa shape index (κ1) is 9.05. The van der Waals surface area contributed by atoms with Crippen molar-refractivity contribution < 1.29 is 4.79 Å². The van der Waals surface area contributed by atoms with Gasteiger partial charge in [-0.3, -0.25) is 4.79 Å². The molecule has 0 radical (unpaired) electrons. The van der Waals surface area contributed by atoms with Crippen molar-refractivity contribution in [1.82, 2.24) is 4.90 Å². The van der Waals surface area contributed by atoms with Crippen LogP contribution in [0.15, 0.2) is 0 Å². The van der Waals surface area contributed by atoms with E-state index in [1.165, 1.54) is 0 Å². The SMILES string of the molecule is CCCC(=O)N1CC(C)(C#N)C1. The quantitative estimate of drug-likeness (QED) is 0.617. The molecule has 66 valence electrons. The van der Waals surface area contributed by atoms with Crippen LogP contribution in [0.25, 0.3) is 0 Å². The van der Waals surface area contributed by atoms with Crippen molar-refractivity contribution in [3.8, 4) is 6.07 Å². The van der Waals surface area contributed by atoms with Gasteiger partial charge in [-0.2, -0.15) is 5.26 Å². The fourth-order valence-electron chi connectivity index (χ4n) is 1.42. The van der Waals surface area contributed by atoms with E-state index in [0.717, 1.165) is 6.42 Å². The fraction of sp³-hybridized carbons (Fsp3) is 0.778. The second kappa shape index (κ2) is 3.14. The summed E-state index contributed by atoms with van der Waals surface area (Å²) in [5.74, 6) is 0.185. The van der Waals surface area contributed by atoms with Gasteiger partial charge < -0.3 is 4.90 Å². The molecule has 1 amide bonds. The van der Waals surface area contributed by atoms with E-state index in [0.29, 0.717) is 19.5 Å². The Kier molecular flexibility index (Phi) is 2.37. The van der Waals surface area contributed by atoms with Gasteiger partial charge in [-0.15, -0.1) is 0 Å². The van der Waals surface area contributed by atoms with Crippen LogP contribution in [0.2, 0.25) is 0 Å². The Balaban J connectivity index is 2.35.